The van der Waals surface area contributed by atoms with Gasteiger partial charge in [0, 0.05) is 29.8 Å². The summed E-state index contributed by atoms with van der Waals surface area (Å²) in [4.78, 5) is 34.9. The van der Waals surface area contributed by atoms with Crippen molar-refractivity contribution < 1.29 is 14.3 Å². The fourth-order valence-corrected chi connectivity index (χ4v) is 4.87. The maximum atomic E-state index is 12.4. The van der Waals surface area contributed by atoms with E-state index in [1.54, 1.807) is 28.5 Å². The third kappa shape index (κ3) is 4.00. The van der Waals surface area contributed by atoms with Crippen LogP contribution in [-0.2, 0) is 16.1 Å². The Morgan fingerprint density at radius 1 is 1.27 bits per heavy atom. The monoisotopic (exact) mass is 407 g/mol. The summed E-state index contributed by atoms with van der Waals surface area (Å²) in [6, 6.07) is 1.98. The smallest absolute Gasteiger partial charge is 0.350 e. The molecule has 9 heteroatoms. The zero-order valence-electron chi connectivity index (χ0n) is 14.5. The van der Waals surface area contributed by atoms with Crippen LogP contribution < -0.4 is 4.90 Å². The van der Waals surface area contributed by atoms with Crippen LogP contribution in [0.3, 0.4) is 0 Å². The molecule has 0 fully saturated rings. The van der Waals surface area contributed by atoms with Crippen molar-refractivity contribution in [2.45, 2.75) is 27.4 Å². The number of thiophene rings is 1. The number of aryl methyl sites for hydroxylation is 1. The molecule has 1 amide bonds. The first-order valence-corrected chi connectivity index (χ1v) is 10.5. The van der Waals surface area contributed by atoms with E-state index in [9.17, 15) is 9.59 Å². The first-order valence-electron chi connectivity index (χ1n) is 7.89. The fraction of sp³-hybridized carbons (Fsp3) is 0.294. The number of aromatic nitrogens is 2. The van der Waals surface area contributed by atoms with Crippen molar-refractivity contribution in [3.05, 3.63) is 38.5 Å². The summed E-state index contributed by atoms with van der Waals surface area (Å²) in [6.07, 6.45) is 0. The standard InChI is InChI=1S/C17H17N3O3S3/c1-4-20(11(3)21)17-19-13(9-25-17)7-23-16(22)14-10(2)18-15(26-14)12-5-6-24-8-12/h5-6,8-9H,4,7H2,1-3H3. The third-order valence-electron chi connectivity index (χ3n) is 3.57. The van der Waals surface area contributed by atoms with E-state index >= 15 is 0 Å². The second-order valence-corrected chi connectivity index (χ2v) is 8.02. The Kier molecular flexibility index (Phi) is 5.80. The van der Waals surface area contributed by atoms with Crippen molar-refractivity contribution in [2.75, 3.05) is 11.4 Å². The Labute approximate surface area is 163 Å². The number of rotatable bonds is 6. The number of hydrogen-bond donors (Lipinski definition) is 0. The molecule has 0 aliphatic heterocycles. The molecule has 3 aromatic heterocycles. The van der Waals surface area contributed by atoms with Crippen LogP contribution in [0.1, 0.15) is 34.9 Å². The largest absolute Gasteiger partial charge is 0.455 e. The molecule has 26 heavy (non-hydrogen) atoms. The molecule has 0 aliphatic rings. The van der Waals surface area contributed by atoms with Gasteiger partial charge >= 0.3 is 5.97 Å². The quantitative estimate of drug-likeness (QED) is 0.568. The van der Waals surface area contributed by atoms with E-state index < -0.39 is 5.97 Å². The van der Waals surface area contributed by atoms with Crippen molar-refractivity contribution >= 4 is 51.0 Å². The molecule has 0 unspecified atom stereocenters. The Morgan fingerprint density at radius 3 is 2.73 bits per heavy atom. The molecule has 136 valence electrons. The number of thiazole rings is 2. The molecule has 0 spiro atoms. The van der Waals surface area contributed by atoms with Gasteiger partial charge in [-0.1, -0.05) is 0 Å². The summed E-state index contributed by atoms with van der Waals surface area (Å²) in [7, 11) is 0. The number of nitrogens with zero attached hydrogens (tertiary/aromatic N) is 3. The van der Waals surface area contributed by atoms with Gasteiger partial charge < -0.3 is 4.74 Å². The lowest BCUT2D eigenvalue weighted by molar-refractivity contribution is -0.116. The summed E-state index contributed by atoms with van der Waals surface area (Å²) < 4.78 is 5.39. The molecule has 0 radical (unpaired) electrons. The van der Waals surface area contributed by atoms with Gasteiger partial charge in [-0.25, -0.2) is 14.8 Å². The molecule has 0 saturated carbocycles. The van der Waals surface area contributed by atoms with E-state index in [1.165, 1.54) is 29.6 Å². The van der Waals surface area contributed by atoms with Crippen LogP contribution in [0.5, 0.6) is 0 Å². The fourth-order valence-electron chi connectivity index (χ4n) is 2.28. The van der Waals surface area contributed by atoms with Gasteiger partial charge in [0.1, 0.15) is 16.5 Å². The summed E-state index contributed by atoms with van der Waals surface area (Å²) in [6.45, 7) is 5.81. The molecule has 6 nitrogen and oxygen atoms in total. The Balaban J connectivity index is 1.66. The van der Waals surface area contributed by atoms with Crippen LogP contribution in [-0.4, -0.2) is 28.4 Å². The molecule has 0 bridgehead atoms. The predicted octanol–water partition coefficient (Wildman–Crippen LogP) is 4.37. The van der Waals surface area contributed by atoms with Crippen LogP contribution >= 0.6 is 34.0 Å². The van der Waals surface area contributed by atoms with Crippen molar-refractivity contribution in [3.8, 4) is 10.6 Å². The molecule has 0 saturated heterocycles. The van der Waals surface area contributed by atoms with E-state index in [1.807, 2.05) is 23.8 Å². The average Bonchev–Trinajstić information content (AvgIpc) is 3.33. The number of carbonyl (C=O) groups is 2. The lowest BCUT2D eigenvalue weighted by Crippen LogP contribution is -2.27. The van der Waals surface area contributed by atoms with Gasteiger partial charge in [0.25, 0.3) is 0 Å². The highest BCUT2D eigenvalue weighted by molar-refractivity contribution is 7.17. The number of hydrogen-bond acceptors (Lipinski definition) is 8. The summed E-state index contributed by atoms with van der Waals surface area (Å²) in [5.41, 5.74) is 2.29. The lowest BCUT2D eigenvalue weighted by atomic mass is 10.3. The third-order valence-corrected chi connectivity index (χ3v) is 6.35. The van der Waals surface area contributed by atoms with Crippen LogP contribution in [0, 0.1) is 6.92 Å². The maximum Gasteiger partial charge on any atom is 0.350 e. The van der Waals surface area contributed by atoms with Crippen LogP contribution in [0.15, 0.2) is 22.2 Å². The molecular weight excluding hydrogens is 390 g/mol. The minimum Gasteiger partial charge on any atom is -0.455 e. The highest BCUT2D eigenvalue weighted by atomic mass is 32.1. The number of esters is 1. The van der Waals surface area contributed by atoms with Crippen LogP contribution in [0.2, 0.25) is 0 Å². The molecule has 0 atom stereocenters. The highest BCUT2D eigenvalue weighted by Gasteiger charge is 2.19. The summed E-state index contributed by atoms with van der Waals surface area (Å²) in [5.74, 6) is -0.471. The minimum absolute atomic E-state index is 0.0633. The van der Waals surface area contributed by atoms with Gasteiger partial charge in [-0.3, -0.25) is 9.69 Å². The van der Waals surface area contributed by atoms with Gasteiger partial charge in [0.15, 0.2) is 5.13 Å². The van der Waals surface area contributed by atoms with E-state index in [0.717, 1.165) is 10.6 Å². The normalized spacial score (nSPS) is 10.7. The van der Waals surface area contributed by atoms with Gasteiger partial charge in [0.05, 0.1) is 11.4 Å². The van der Waals surface area contributed by atoms with Gasteiger partial charge in [0.2, 0.25) is 5.91 Å². The van der Waals surface area contributed by atoms with Gasteiger partial charge in [-0.05, 0) is 25.3 Å². The van der Waals surface area contributed by atoms with Crippen molar-refractivity contribution in [2.24, 2.45) is 0 Å². The Hall–Kier alpha value is -2.10. The number of amides is 1. The Morgan fingerprint density at radius 2 is 2.08 bits per heavy atom. The summed E-state index contributed by atoms with van der Waals surface area (Å²) >= 11 is 4.28. The van der Waals surface area contributed by atoms with E-state index in [-0.39, 0.29) is 12.5 Å². The SMILES string of the molecule is CCN(C(C)=O)c1nc(COC(=O)c2sc(-c3ccsc3)nc2C)cs1. The van der Waals surface area contributed by atoms with Crippen LogP contribution in [0.25, 0.3) is 10.6 Å². The maximum absolute atomic E-state index is 12.4. The summed E-state index contributed by atoms with van der Waals surface area (Å²) in [5, 5.41) is 7.19. The highest BCUT2D eigenvalue weighted by Crippen LogP contribution is 2.30. The zero-order valence-corrected chi connectivity index (χ0v) is 17.0. The van der Waals surface area contributed by atoms with Crippen LogP contribution in [0.4, 0.5) is 5.13 Å². The predicted molar refractivity (Wildman–Crippen MR) is 105 cm³/mol. The lowest BCUT2D eigenvalue weighted by Gasteiger charge is -2.14. The molecule has 0 aromatic carbocycles. The average molecular weight is 408 g/mol. The Bertz CT molecular complexity index is 915. The zero-order chi connectivity index (χ0) is 18.7. The van der Waals surface area contributed by atoms with E-state index in [4.69, 9.17) is 4.74 Å². The van der Waals surface area contributed by atoms with Gasteiger partial charge in [-0.15, -0.1) is 22.7 Å². The van der Waals surface area contributed by atoms with E-state index in [0.29, 0.717) is 27.9 Å². The molecule has 0 aliphatic carbocycles. The van der Waals surface area contributed by atoms with Crippen molar-refractivity contribution in [1.82, 2.24) is 9.97 Å². The number of ether oxygens (including phenoxy) is 1. The molecule has 3 heterocycles. The first kappa shape index (κ1) is 18.7. The van der Waals surface area contributed by atoms with E-state index in [2.05, 4.69) is 9.97 Å². The molecule has 3 aromatic rings. The minimum atomic E-state index is -0.407. The molecule has 3 rings (SSSR count). The second kappa shape index (κ2) is 8.07. The molecular formula is C17H17N3O3S3. The number of anilines is 1. The molecule has 0 N–H and O–H groups in total. The van der Waals surface area contributed by atoms with Gasteiger partial charge in [-0.2, -0.15) is 11.3 Å². The topological polar surface area (TPSA) is 72.4 Å². The van der Waals surface area contributed by atoms with Crippen molar-refractivity contribution in [1.29, 1.82) is 0 Å². The number of carbonyl (C=O) groups excluding carboxylic acids is 2. The van der Waals surface area contributed by atoms with Crippen molar-refractivity contribution in [3.63, 3.8) is 0 Å². The first-order chi connectivity index (χ1) is 12.5. The second-order valence-electron chi connectivity index (χ2n) is 5.41.